The molecule has 1 aliphatic rings. The SMILES string of the molecule is COc1ccc(Cl)cc1NC(=O)CN(C)C(=O)C1(C#N)CCCC1. The molecule has 1 aliphatic carbocycles. The highest BCUT2D eigenvalue weighted by molar-refractivity contribution is 6.31. The molecule has 0 radical (unpaired) electrons. The fourth-order valence-electron chi connectivity index (χ4n) is 2.97. The quantitative estimate of drug-likeness (QED) is 0.886. The Morgan fingerprint density at radius 3 is 2.67 bits per heavy atom. The molecule has 6 nitrogen and oxygen atoms in total. The van der Waals surface area contributed by atoms with Gasteiger partial charge in [0.15, 0.2) is 0 Å². The van der Waals surface area contributed by atoms with Crippen LogP contribution in [0.5, 0.6) is 5.75 Å². The first-order valence-corrected chi connectivity index (χ1v) is 8.10. The van der Waals surface area contributed by atoms with Gasteiger partial charge in [-0.05, 0) is 31.0 Å². The van der Waals surface area contributed by atoms with E-state index in [-0.39, 0.29) is 18.4 Å². The van der Waals surface area contributed by atoms with Crippen molar-refractivity contribution in [2.45, 2.75) is 25.7 Å². The van der Waals surface area contributed by atoms with Crippen molar-refractivity contribution < 1.29 is 14.3 Å². The number of halogens is 1. The van der Waals surface area contributed by atoms with Crippen molar-refractivity contribution in [1.29, 1.82) is 5.26 Å². The topological polar surface area (TPSA) is 82.4 Å². The summed E-state index contributed by atoms with van der Waals surface area (Å²) >= 11 is 5.93. The second-order valence-electron chi connectivity index (χ2n) is 5.96. The smallest absolute Gasteiger partial charge is 0.244 e. The van der Waals surface area contributed by atoms with Crippen molar-refractivity contribution in [3.63, 3.8) is 0 Å². The van der Waals surface area contributed by atoms with Crippen LogP contribution in [0.3, 0.4) is 0 Å². The van der Waals surface area contributed by atoms with Crippen LogP contribution < -0.4 is 10.1 Å². The van der Waals surface area contributed by atoms with E-state index in [1.165, 1.54) is 19.1 Å². The zero-order valence-corrected chi connectivity index (χ0v) is 14.5. The number of nitrogens with one attached hydrogen (secondary N) is 1. The second kappa shape index (κ2) is 7.54. The molecule has 2 amide bonds. The van der Waals surface area contributed by atoms with Gasteiger partial charge in [-0.25, -0.2) is 0 Å². The lowest BCUT2D eigenvalue weighted by molar-refractivity contribution is -0.139. The third kappa shape index (κ3) is 3.80. The van der Waals surface area contributed by atoms with Crippen molar-refractivity contribution in [3.8, 4) is 11.8 Å². The summed E-state index contributed by atoms with van der Waals surface area (Å²) in [5.41, 5.74) is -0.547. The maximum absolute atomic E-state index is 12.5. The Labute approximate surface area is 146 Å². The van der Waals surface area contributed by atoms with E-state index in [1.807, 2.05) is 0 Å². The minimum absolute atomic E-state index is 0.141. The van der Waals surface area contributed by atoms with Gasteiger partial charge in [0.1, 0.15) is 11.2 Å². The molecule has 1 aromatic carbocycles. The number of methoxy groups -OCH3 is 1. The molecule has 0 heterocycles. The summed E-state index contributed by atoms with van der Waals surface area (Å²) in [4.78, 5) is 26.1. The van der Waals surface area contributed by atoms with Gasteiger partial charge < -0.3 is 15.0 Å². The molecule has 0 atom stereocenters. The van der Waals surface area contributed by atoms with E-state index in [0.717, 1.165) is 12.8 Å². The van der Waals surface area contributed by atoms with E-state index < -0.39 is 5.41 Å². The van der Waals surface area contributed by atoms with Crippen molar-refractivity contribution in [3.05, 3.63) is 23.2 Å². The number of amides is 2. The Morgan fingerprint density at radius 2 is 2.08 bits per heavy atom. The molecule has 1 fully saturated rings. The Balaban J connectivity index is 2.03. The lowest BCUT2D eigenvalue weighted by Gasteiger charge is -2.26. The number of likely N-dealkylation sites (N-methyl/N-ethyl adjacent to an activating group) is 1. The number of rotatable bonds is 5. The Kier molecular flexibility index (Phi) is 5.68. The normalized spacial score (nSPS) is 15.4. The van der Waals surface area contributed by atoms with Crippen LogP contribution >= 0.6 is 11.6 Å². The average molecular weight is 350 g/mol. The van der Waals surface area contributed by atoms with Crippen LogP contribution in [-0.4, -0.2) is 37.4 Å². The van der Waals surface area contributed by atoms with E-state index in [0.29, 0.717) is 29.3 Å². The highest BCUT2D eigenvalue weighted by Crippen LogP contribution is 2.38. The monoisotopic (exact) mass is 349 g/mol. The molecule has 1 N–H and O–H groups in total. The second-order valence-corrected chi connectivity index (χ2v) is 6.39. The molecule has 0 aromatic heterocycles. The van der Waals surface area contributed by atoms with Crippen LogP contribution in [0.4, 0.5) is 5.69 Å². The van der Waals surface area contributed by atoms with Crippen LogP contribution in [-0.2, 0) is 9.59 Å². The number of nitrogens with zero attached hydrogens (tertiary/aromatic N) is 2. The van der Waals surface area contributed by atoms with Crippen LogP contribution in [0.1, 0.15) is 25.7 Å². The molecule has 128 valence electrons. The van der Waals surface area contributed by atoms with E-state index in [1.54, 1.807) is 18.2 Å². The number of carbonyl (C=O) groups is 2. The minimum atomic E-state index is -0.983. The van der Waals surface area contributed by atoms with Crippen molar-refractivity contribution >= 4 is 29.1 Å². The number of hydrogen-bond acceptors (Lipinski definition) is 4. The molecule has 0 saturated heterocycles. The summed E-state index contributed by atoms with van der Waals surface area (Å²) in [6.45, 7) is -0.141. The third-order valence-electron chi connectivity index (χ3n) is 4.24. The fraction of sp³-hybridized carbons (Fsp3) is 0.471. The summed E-state index contributed by atoms with van der Waals surface area (Å²) in [6, 6.07) is 7.03. The Bertz CT molecular complexity index is 678. The highest BCUT2D eigenvalue weighted by atomic mass is 35.5. The fourth-order valence-corrected chi connectivity index (χ4v) is 3.14. The number of ether oxygens (including phenoxy) is 1. The lowest BCUT2D eigenvalue weighted by atomic mass is 9.86. The molecule has 0 aliphatic heterocycles. The molecule has 24 heavy (non-hydrogen) atoms. The predicted octanol–water partition coefficient (Wildman–Crippen LogP) is 2.83. The van der Waals surface area contributed by atoms with E-state index in [2.05, 4.69) is 11.4 Å². The molecule has 1 saturated carbocycles. The van der Waals surface area contributed by atoms with Crippen molar-refractivity contribution in [2.24, 2.45) is 5.41 Å². The summed E-state index contributed by atoms with van der Waals surface area (Å²) in [5, 5.41) is 12.5. The minimum Gasteiger partial charge on any atom is -0.495 e. The Hall–Kier alpha value is -2.26. The van der Waals surface area contributed by atoms with Gasteiger partial charge in [0.25, 0.3) is 0 Å². The molecule has 2 rings (SSSR count). The maximum Gasteiger partial charge on any atom is 0.244 e. The largest absolute Gasteiger partial charge is 0.495 e. The van der Waals surface area contributed by atoms with Crippen molar-refractivity contribution in [1.82, 2.24) is 4.90 Å². The number of benzene rings is 1. The standard InChI is InChI=1S/C17H20ClN3O3/c1-21(16(23)17(11-19)7-3-4-8-17)10-15(22)20-13-9-12(18)5-6-14(13)24-2/h5-6,9H,3-4,7-8,10H2,1-2H3,(H,20,22). The van der Waals surface area contributed by atoms with E-state index in [9.17, 15) is 14.9 Å². The van der Waals surface area contributed by atoms with Crippen LogP contribution in [0.25, 0.3) is 0 Å². The van der Waals surface area contributed by atoms with Gasteiger partial charge in [-0.3, -0.25) is 9.59 Å². The highest BCUT2D eigenvalue weighted by Gasteiger charge is 2.43. The van der Waals surface area contributed by atoms with Gasteiger partial charge in [0.05, 0.1) is 25.4 Å². The maximum atomic E-state index is 12.5. The summed E-state index contributed by atoms with van der Waals surface area (Å²) in [6.07, 6.45) is 2.82. The summed E-state index contributed by atoms with van der Waals surface area (Å²) < 4.78 is 5.17. The van der Waals surface area contributed by atoms with Gasteiger partial charge in [0, 0.05) is 12.1 Å². The lowest BCUT2D eigenvalue weighted by Crippen LogP contribution is -2.43. The first-order chi connectivity index (χ1) is 11.4. The Morgan fingerprint density at radius 1 is 1.42 bits per heavy atom. The van der Waals surface area contributed by atoms with Gasteiger partial charge >= 0.3 is 0 Å². The van der Waals surface area contributed by atoms with E-state index in [4.69, 9.17) is 16.3 Å². The number of carbonyl (C=O) groups excluding carboxylic acids is 2. The molecule has 0 unspecified atom stereocenters. The molecular weight excluding hydrogens is 330 g/mol. The third-order valence-corrected chi connectivity index (χ3v) is 4.48. The molecule has 1 aromatic rings. The van der Waals surface area contributed by atoms with Crippen LogP contribution in [0.15, 0.2) is 18.2 Å². The number of nitriles is 1. The first kappa shape index (κ1) is 18.1. The van der Waals surface area contributed by atoms with Gasteiger partial charge in [0.2, 0.25) is 11.8 Å². The summed E-state index contributed by atoms with van der Waals surface area (Å²) in [7, 11) is 3.03. The van der Waals surface area contributed by atoms with Gasteiger partial charge in [-0.15, -0.1) is 0 Å². The average Bonchev–Trinajstić information content (AvgIpc) is 3.04. The zero-order valence-electron chi connectivity index (χ0n) is 13.8. The van der Waals surface area contributed by atoms with E-state index >= 15 is 0 Å². The van der Waals surface area contributed by atoms with Crippen LogP contribution in [0.2, 0.25) is 5.02 Å². The number of hydrogen-bond donors (Lipinski definition) is 1. The van der Waals surface area contributed by atoms with Crippen LogP contribution in [0, 0.1) is 16.7 Å². The molecule has 7 heteroatoms. The zero-order chi connectivity index (χ0) is 17.7. The molecular formula is C17H20ClN3O3. The number of anilines is 1. The first-order valence-electron chi connectivity index (χ1n) is 7.72. The van der Waals surface area contributed by atoms with Gasteiger partial charge in [-0.2, -0.15) is 5.26 Å². The van der Waals surface area contributed by atoms with Crippen molar-refractivity contribution in [2.75, 3.05) is 26.0 Å². The predicted molar refractivity (Wildman–Crippen MR) is 90.8 cm³/mol. The van der Waals surface area contributed by atoms with Gasteiger partial charge in [-0.1, -0.05) is 24.4 Å². The molecule has 0 bridgehead atoms. The summed E-state index contributed by atoms with van der Waals surface area (Å²) in [5.74, 6) is -0.195. The molecule has 0 spiro atoms.